The molecule has 5 nitrogen and oxygen atoms in total. The highest BCUT2D eigenvalue weighted by Crippen LogP contribution is 2.04. The Labute approximate surface area is 123 Å². The van der Waals surface area contributed by atoms with Gasteiger partial charge in [0, 0.05) is 11.4 Å². The minimum absolute atomic E-state index is 0.0805. The van der Waals surface area contributed by atoms with Crippen molar-refractivity contribution in [3.8, 4) is 0 Å². The number of amides is 2. The molecule has 0 bridgehead atoms. The maximum atomic E-state index is 11.6. The van der Waals surface area contributed by atoms with E-state index in [1.54, 1.807) is 24.3 Å². The minimum atomic E-state index is -0.186. The number of carbonyl (C=O) groups is 2. The minimum Gasteiger partial charge on any atom is -0.325 e. The van der Waals surface area contributed by atoms with Crippen LogP contribution >= 0.6 is 0 Å². The van der Waals surface area contributed by atoms with Crippen LogP contribution in [0.4, 0.5) is 11.4 Å². The van der Waals surface area contributed by atoms with Crippen molar-refractivity contribution in [2.24, 2.45) is 0 Å². The van der Waals surface area contributed by atoms with Gasteiger partial charge in [-0.15, -0.1) is 0 Å². The zero-order chi connectivity index (χ0) is 14.9. The largest absolute Gasteiger partial charge is 0.325 e. The van der Waals surface area contributed by atoms with E-state index in [-0.39, 0.29) is 24.9 Å². The van der Waals surface area contributed by atoms with Crippen molar-refractivity contribution in [1.29, 1.82) is 0 Å². The van der Waals surface area contributed by atoms with E-state index in [9.17, 15) is 9.59 Å². The topological polar surface area (TPSA) is 70.2 Å². The van der Waals surface area contributed by atoms with Gasteiger partial charge in [-0.2, -0.15) is 0 Å². The monoisotopic (exact) mass is 283 g/mol. The summed E-state index contributed by atoms with van der Waals surface area (Å²) in [5.74, 6) is -0.373. The molecule has 2 rings (SSSR count). The van der Waals surface area contributed by atoms with E-state index in [2.05, 4.69) is 16.0 Å². The van der Waals surface area contributed by atoms with Crippen molar-refractivity contribution in [3.05, 3.63) is 60.7 Å². The normalized spacial score (nSPS) is 9.90. The first kappa shape index (κ1) is 14.7. The lowest BCUT2D eigenvalue weighted by molar-refractivity contribution is -0.116. The highest BCUT2D eigenvalue weighted by Gasteiger charge is 2.04. The van der Waals surface area contributed by atoms with Crippen LogP contribution in [0.3, 0.4) is 0 Å². The number of hydrogen-bond donors (Lipinski definition) is 3. The van der Waals surface area contributed by atoms with Gasteiger partial charge in [0.1, 0.15) is 0 Å². The van der Waals surface area contributed by atoms with E-state index in [1.807, 2.05) is 36.4 Å². The molecule has 2 amide bonds. The van der Waals surface area contributed by atoms with E-state index >= 15 is 0 Å². The Morgan fingerprint density at radius 3 is 1.43 bits per heavy atom. The summed E-state index contributed by atoms with van der Waals surface area (Å²) in [6, 6.07) is 18.4. The van der Waals surface area contributed by atoms with Gasteiger partial charge >= 0.3 is 0 Å². The second kappa shape index (κ2) is 7.81. The molecule has 0 fully saturated rings. The number of anilines is 2. The maximum absolute atomic E-state index is 11.6. The van der Waals surface area contributed by atoms with Crippen molar-refractivity contribution in [3.63, 3.8) is 0 Å². The Hall–Kier alpha value is -2.66. The summed E-state index contributed by atoms with van der Waals surface area (Å²) in [4.78, 5) is 23.3. The van der Waals surface area contributed by atoms with Gasteiger partial charge in [0.05, 0.1) is 13.1 Å². The van der Waals surface area contributed by atoms with E-state index in [0.717, 1.165) is 11.4 Å². The summed E-state index contributed by atoms with van der Waals surface area (Å²) >= 11 is 0. The molecule has 0 aromatic heterocycles. The lowest BCUT2D eigenvalue weighted by Crippen LogP contribution is -2.34. The molecule has 2 aromatic carbocycles. The second-order valence-corrected chi connectivity index (χ2v) is 4.43. The predicted octanol–water partition coefficient (Wildman–Crippen LogP) is 1.85. The third-order valence-electron chi connectivity index (χ3n) is 2.69. The number of rotatable bonds is 6. The molecule has 0 unspecified atom stereocenters. The predicted molar refractivity (Wildman–Crippen MR) is 83.0 cm³/mol. The van der Waals surface area contributed by atoms with E-state index in [0.29, 0.717) is 0 Å². The first-order valence-electron chi connectivity index (χ1n) is 6.64. The van der Waals surface area contributed by atoms with Gasteiger partial charge < -0.3 is 10.6 Å². The van der Waals surface area contributed by atoms with E-state index in [1.165, 1.54) is 0 Å². The molecule has 0 spiro atoms. The maximum Gasteiger partial charge on any atom is 0.238 e. The Balaban J connectivity index is 1.67. The first-order chi connectivity index (χ1) is 10.2. The lowest BCUT2D eigenvalue weighted by Gasteiger charge is -2.07. The molecule has 0 saturated heterocycles. The molecule has 5 heteroatoms. The number of carbonyl (C=O) groups excluding carboxylic acids is 2. The number of hydrogen-bond acceptors (Lipinski definition) is 3. The molecule has 108 valence electrons. The van der Waals surface area contributed by atoms with Crippen LogP contribution < -0.4 is 16.0 Å². The van der Waals surface area contributed by atoms with Gasteiger partial charge in [-0.3, -0.25) is 14.9 Å². The van der Waals surface area contributed by atoms with Crippen LogP contribution in [0, 0.1) is 0 Å². The fourth-order valence-corrected chi connectivity index (χ4v) is 1.74. The van der Waals surface area contributed by atoms with Crippen molar-refractivity contribution in [2.45, 2.75) is 0 Å². The molecule has 3 N–H and O–H groups in total. The van der Waals surface area contributed by atoms with Crippen LogP contribution in [0.2, 0.25) is 0 Å². The van der Waals surface area contributed by atoms with Crippen LogP contribution in [-0.4, -0.2) is 24.9 Å². The zero-order valence-corrected chi connectivity index (χ0v) is 11.5. The fraction of sp³-hybridized carbons (Fsp3) is 0.125. The molecule has 21 heavy (non-hydrogen) atoms. The van der Waals surface area contributed by atoms with E-state index in [4.69, 9.17) is 0 Å². The van der Waals surface area contributed by atoms with Gasteiger partial charge in [0.15, 0.2) is 0 Å². The molecule has 2 aromatic rings. The molecule has 0 heterocycles. The van der Waals surface area contributed by atoms with Crippen LogP contribution in [0.15, 0.2) is 60.7 Å². The molecular weight excluding hydrogens is 266 g/mol. The van der Waals surface area contributed by atoms with Crippen molar-refractivity contribution >= 4 is 23.2 Å². The van der Waals surface area contributed by atoms with Gasteiger partial charge in [0.25, 0.3) is 0 Å². The van der Waals surface area contributed by atoms with Crippen molar-refractivity contribution < 1.29 is 9.59 Å². The Morgan fingerprint density at radius 2 is 1.05 bits per heavy atom. The molecular formula is C16H17N3O2. The summed E-state index contributed by atoms with van der Waals surface area (Å²) in [5, 5.41) is 8.27. The van der Waals surface area contributed by atoms with Crippen LogP contribution in [0.1, 0.15) is 0 Å². The summed E-state index contributed by atoms with van der Waals surface area (Å²) in [5.41, 5.74) is 1.47. The quantitative estimate of drug-likeness (QED) is 0.758. The molecule has 0 atom stereocenters. The van der Waals surface area contributed by atoms with Crippen LogP contribution in [-0.2, 0) is 9.59 Å². The first-order valence-corrected chi connectivity index (χ1v) is 6.64. The van der Waals surface area contributed by atoms with Gasteiger partial charge in [-0.25, -0.2) is 0 Å². The number of para-hydroxylation sites is 2. The summed E-state index contributed by atoms with van der Waals surface area (Å²) in [6.07, 6.45) is 0. The van der Waals surface area contributed by atoms with Gasteiger partial charge in [-0.05, 0) is 24.3 Å². The van der Waals surface area contributed by atoms with Gasteiger partial charge in [0.2, 0.25) is 11.8 Å². The molecule has 0 saturated carbocycles. The molecule has 0 aliphatic carbocycles. The standard InChI is InChI=1S/C16H17N3O2/c20-15(18-13-7-3-1-4-8-13)11-17-12-16(21)19-14-9-5-2-6-10-14/h1-10,17H,11-12H2,(H,18,20)(H,19,21). The number of benzene rings is 2. The third kappa shape index (κ3) is 5.46. The molecule has 0 aliphatic rings. The van der Waals surface area contributed by atoms with Crippen molar-refractivity contribution in [2.75, 3.05) is 23.7 Å². The third-order valence-corrected chi connectivity index (χ3v) is 2.69. The molecule has 0 aliphatic heterocycles. The summed E-state index contributed by atoms with van der Waals surface area (Å²) in [7, 11) is 0. The van der Waals surface area contributed by atoms with Crippen molar-refractivity contribution in [1.82, 2.24) is 5.32 Å². The average molecular weight is 283 g/mol. The second-order valence-electron chi connectivity index (χ2n) is 4.43. The van der Waals surface area contributed by atoms with Gasteiger partial charge in [-0.1, -0.05) is 36.4 Å². The summed E-state index contributed by atoms with van der Waals surface area (Å²) in [6.45, 7) is 0.161. The fourth-order valence-electron chi connectivity index (χ4n) is 1.74. The highest BCUT2D eigenvalue weighted by atomic mass is 16.2. The van der Waals surface area contributed by atoms with E-state index < -0.39 is 0 Å². The summed E-state index contributed by atoms with van der Waals surface area (Å²) < 4.78 is 0. The van der Waals surface area contributed by atoms with Crippen LogP contribution in [0.25, 0.3) is 0 Å². The zero-order valence-electron chi connectivity index (χ0n) is 11.5. The SMILES string of the molecule is O=C(CNCC(=O)Nc1ccccc1)Nc1ccccc1. The smallest absolute Gasteiger partial charge is 0.238 e. The highest BCUT2D eigenvalue weighted by molar-refractivity contribution is 5.94. The Kier molecular flexibility index (Phi) is 5.49. The Bertz CT molecular complexity index is 531. The molecule has 0 radical (unpaired) electrons. The number of nitrogens with one attached hydrogen (secondary N) is 3. The van der Waals surface area contributed by atoms with Crippen LogP contribution in [0.5, 0.6) is 0 Å². The lowest BCUT2D eigenvalue weighted by atomic mass is 10.3. The Morgan fingerprint density at radius 1 is 0.667 bits per heavy atom. The average Bonchev–Trinajstić information content (AvgIpc) is 2.49.